The molecule has 4 N–H and O–H groups in total. The van der Waals surface area contributed by atoms with Crippen LogP contribution in [-0.4, -0.2) is 22.8 Å². The van der Waals surface area contributed by atoms with E-state index in [9.17, 15) is 14.4 Å². The van der Waals surface area contributed by atoms with E-state index in [-0.39, 0.29) is 29.3 Å². The quantitative estimate of drug-likeness (QED) is 0.363. The van der Waals surface area contributed by atoms with E-state index in [1.807, 2.05) is 18.2 Å². The number of hydrogen-bond donors (Lipinski definition) is 4. The van der Waals surface area contributed by atoms with Crippen molar-refractivity contribution in [2.45, 2.75) is 44.9 Å². The van der Waals surface area contributed by atoms with Crippen LogP contribution in [0, 0.1) is 5.92 Å². The molecular formula is C24H27ClN4O3S. The Morgan fingerprint density at radius 3 is 2.33 bits per heavy atom. The highest BCUT2D eigenvalue weighted by Crippen LogP contribution is 2.25. The van der Waals surface area contributed by atoms with Gasteiger partial charge in [-0.2, -0.15) is 0 Å². The first kappa shape index (κ1) is 24.7. The number of halogens is 1. The average molecular weight is 487 g/mol. The van der Waals surface area contributed by atoms with Gasteiger partial charge in [0.2, 0.25) is 11.8 Å². The lowest BCUT2D eigenvalue weighted by atomic mass is 9.88. The van der Waals surface area contributed by atoms with E-state index < -0.39 is 5.91 Å². The van der Waals surface area contributed by atoms with E-state index >= 15 is 0 Å². The van der Waals surface area contributed by atoms with E-state index in [0.29, 0.717) is 22.7 Å². The third-order valence-electron chi connectivity index (χ3n) is 5.51. The van der Waals surface area contributed by atoms with Crippen LogP contribution in [0.2, 0.25) is 5.02 Å². The molecule has 33 heavy (non-hydrogen) atoms. The molecule has 7 nitrogen and oxygen atoms in total. The van der Waals surface area contributed by atoms with E-state index in [4.69, 9.17) is 23.8 Å². The molecule has 0 atom stereocenters. The fraction of sp³-hybridized carbons (Fsp3) is 0.333. The summed E-state index contributed by atoms with van der Waals surface area (Å²) in [6.45, 7) is 0. The summed E-state index contributed by atoms with van der Waals surface area (Å²) >= 11 is 11.1. The first-order valence-electron chi connectivity index (χ1n) is 11.0. The van der Waals surface area contributed by atoms with E-state index in [2.05, 4.69) is 21.5 Å². The molecule has 2 aromatic rings. The SMILES string of the molecule is O=C(CCc1ccccc1Cl)NC(=S)NNC(=O)c1ccc(NC(=O)C2CCCCC2)cc1. The third kappa shape index (κ3) is 7.83. The number of nitrogens with one attached hydrogen (secondary N) is 4. The van der Waals surface area contributed by atoms with Crippen molar-refractivity contribution in [3.8, 4) is 0 Å². The molecule has 3 amide bonds. The van der Waals surface area contributed by atoms with Gasteiger partial charge in [-0.05, 0) is 67.4 Å². The number of aryl methyl sites for hydroxylation is 1. The van der Waals surface area contributed by atoms with Crippen molar-refractivity contribution < 1.29 is 14.4 Å². The maximum atomic E-state index is 12.3. The Labute approximate surface area is 203 Å². The van der Waals surface area contributed by atoms with E-state index in [1.165, 1.54) is 6.42 Å². The van der Waals surface area contributed by atoms with Crippen LogP contribution in [0.4, 0.5) is 5.69 Å². The summed E-state index contributed by atoms with van der Waals surface area (Å²) in [6, 6.07) is 13.9. The van der Waals surface area contributed by atoms with Crippen molar-refractivity contribution in [2.75, 3.05) is 5.32 Å². The molecule has 2 aromatic carbocycles. The molecule has 1 fully saturated rings. The first-order valence-corrected chi connectivity index (χ1v) is 11.8. The number of benzene rings is 2. The van der Waals surface area contributed by atoms with Gasteiger partial charge in [0.05, 0.1) is 0 Å². The molecule has 0 aromatic heterocycles. The number of carbonyl (C=O) groups excluding carboxylic acids is 3. The largest absolute Gasteiger partial charge is 0.326 e. The van der Waals surface area contributed by atoms with Gasteiger partial charge in [0, 0.05) is 28.6 Å². The van der Waals surface area contributed by atoms with Crippen molar-refractivity contribution in [1.29, 1.82) is 0 Å². The summed E-state index contributed by atoms with van der Waals surface area (Å²) in [7, 11) is 0. The van der Waals surface area contributed by atoms with Crippen LogP contribution in [0.3, 0.4) is 0 Å². The lowest BCUT2D eigenvalue weighted by Crippen LogP contribution is -2.48. The highest BCUT2D eigenvalue weighted by atomic mass is 35.5. The van der Waals surface area contributed by atoms with Crippen molar-refractivity contribution >= 4 is 52.3 Å². The minimum absolute atomic E-state index is 0.0103. The number of amides is 3. The maximum Gasteiger partial charge on any atom is 0.269 e. The van der Waals surface area contributed by atoms with Crippen LogP contribution in [0.15, 0.2) is 48.5 Å². The van der Waals surface area contributed by atoms with Crippen molar-refractivity contribution in [1.82, 2.24) is 16.2 Å². The van der Waals surface area contributed by atoms with Crippen LogP contribution in [-0.2, 0) is 16.0 Å². The second-order valence-electron chi connectivity index (χ2n) is 7.95. The number of carbonyl (C=O) groups is 3. The predicted molar refractivity (Wildman–Crippen MR) is 133 cm³/mol. The Kier molecular flexibility index (Phi) is 9.21. The van der Waals surface area contributed by atoms with Crippen LogP contribution in [0.1, 0.15) is 54.4 Å². The molecule has 1 aliphatic carbocycles. The molecule has 174 valence electrons. The number of anilines is 1. The summed E-state index contributed by atoms with van der Waals surface area (Å²) in [5.41, 5.74) is 6.87. The normalized spacial score (nSPS) is 13.6. The number of hydrogen-bond acceptors (Lipinski definition) is 4. The smallest absolute Gasteiger partial charge is 0.269 e. The fourth-order valence-electron chi connectivity index (χ4n) is 3.67. The van der Waals surface area contributed by atoms with Gasteiger partial charge in [-0.25, -0.2) is 0 Å². The molecule has 1 saturated carbocycles. The lowest BCUT2D eigenvalue weighted by Gasteiger charge is -2.20. The summed E-state index contributed by atoms with van der Waals surface area (Å²) < 4.78 is 0. The molecule has 0 aliphatic heterocycles. The highest BCUT2D eigenvalue weighted by Gasteiger charge is 2.21. The zero-order valence-electron chi connectivity index (χ0n) is 18.2. The monoisotopic (exact) mass is 486 g/mol. The minimum atomic E-state index is -0.423. The van der Waals surface area contributed by atoms with E-state index in [1.54, 1.807) is 30.3 Å². The molecule has 0 radical (unpaired) electrons. The van der Waals surface area contributed by atoms with Gasteiger partial charge >= 0.3 is 0 Å². The topological polar surface area (TPSA) is 99.3 Å². The molecule has 1 aliphatic rings. The summed E-state index contributed by atoms with van der Waals surface area (Å²) in [6.07, 6.45) is 5.90. The molecular weight excluding hydrogens is 460 g/mol. The van der Waals surface area contributed by atoms with Crippen molar-refractivity contribution in [2.24, 2.45) is 5.92 Å². The van der Waals surface area contributed by atoms with Crippen LogP contribution in [0.5, 0.6) is 0 Å². The Balaban J connectivity index is 1.39. The van der Waals surface area contributed by atoms with Gasteiger partial charge in [0.1, 0.15) is 0 Å². The number of rotatable bonds is 6. The summed E-state index contributed by atoms with van der Waals surface area (Å²) in [5.74, 6) is -0.622. The fourth-order valence-corrected chi connectivity index (χ4v) is 4.06. The molecule has 0 spiro atoms. The molecule has 0 heterocycles. The van der Waals surface area contributed by atoms with Gasteiger partial charge in [-0.15, -0.1) is 0 Å². The Bertz CT molecular complexity index is 1010. The van der Waals surface area contributed by atoms with Gasteiger partial charge in [0.15, 0.2) is 5.11 Å². The predicted octanol–water partition coefficient (Wildman–Crippen LogP) is 4.13. The number of hydrazine groups is 1. The van der Waals surface area contributed by atoms with Crippen molar-refractivity contribution in [3.63, 3.8) is 0 Å². The maximum absolute atomic E-state index is 12.3. The van der Waals surface area contributed by atoms with Crippen LogP contribution < -0.4 is 21.5 Å². The molecule has 0 unspecified atom stereocenters. The average Bonchev–Trinajstić information content (AvgIpc) is 2.83. The van der Waals surface area contributed by atoms with Gasteiger partial charge < -0.3 is 10.6 Å². The van der Waals surface area contributed by atoms with Crippen LogP contribution >= 0.6 is 23.8 Å². The van der Waals surface area contributed by atoms with Crippen molar-refractivity contribution in [3.05, 3.63) is 64.7 Å². The highest BCUT2D eigenvalue weighted by molar-refractivity contribution is 7.80. The molecule has 3 rings (SSSR count). The zero-order valence-corrected chi connectivity index (χ0v) is 19.7. The van der Waals surface area contributed by atoms with E-state index in [0.717, 1.165) is 31.2 Å². The molecule has 9 heteroatoms. The lowest BCUT2D eigenvalue weighted by molar-refractivity contribution is -0.121. The van der Waals surface area contributed by atoms with Crippen LogP contribution in [0.25, 0.3) is 0 Å². The molecule has 0 bridgehead atoms. The zero-order chi connectivity index (χ0) is 23.6. The van der Waals surface area contributed by atoms with Gasteiger partial charge in [-0.1, -0.05) is 49.1 Å². The second kappa shape index (κ2) is 12.3. The molecule has 0 saturated heterocycles. The third-order valence-corrected chi connectivity index (χ3v) is 6.09. The van der Waals surface area contributed by atoms with Gasteiger partial charge in [0.25, 0.3) is 5.91 Å². The minimum Gasteiger partial charge on any atom is -0.326 e. The van der Waals surface area contributed by atoms with Gasteiger partial charge in [-0.3, -0.25) is 25.2 Å². The summed E-state index contributed by atoms with van der Waals surface area (Å²) in [5, 5.41) is 6.03. The Hall–Kier alpha value is -2.97. The Morgan fingerprint density at radius 1 is 0.939 bits per heavy atom. The second-order valence-corrected chi connectivity index (χ2v) is 8.76. The summed E-state index contributed by atoms with van der Waals surface area (Å²) in [4.78, 5) is 36.7. The standard InChI is InChI=1S/C24H27ClN4O3S/c25-20-9-5-4-6-16(20)12-15-21(30)27-24(33)29-28-23(32)18-10-13-19(14-11-18)26-22(31)17-7-2-1-3-8-17/h4-6,9-11,13-14,17H,1-3,7-8,12,15H2,(H,26,31)(H,28,32)(H2,27,29,30,33). The first-order chi connectivity index (χ1) is 15.9. The Morgan fingerprint density at radius 2 is 1.64 bits per heavy atom. The number of thiocarbonyl (C=S) groups is 1.